The molecule has 2 N–H and O–H groups in total. The second-order valence-corrected chi connectivity index (χ2v) is 4.02. The highest BCUT2D eigenvalue weighted by molar-refractivity contribution is 5.62. The summed E-state index contributed by atoms with van der Waals surface area (Å²) in [6.45, 7) is 3.72. The minimum absolute atomic E-state index is 0.275. The van der Waals surface area contributed by atoms with Gasteiger partial charge in [-0.2, -0.15) is 0 Å². The number of halogens is 1. The molecule has 0 radical (unpaired) electrons. The van der Waals surface area contributed by atoms with Crippen LogP contribution in [0.1, 0.15) is 11.4 Å². The Kier molecular flexibility index (Phi) is 3.41. The molecule has 4 nitrogen and oxygen atoms in total. The Morgan fingerprint density at radius 2 is 1.78 bits per heavy atom. The summed E-state index contributed by atoms with van der Waals surface area (Å²) in [6.07, 6.45) is 0. The lowest BCUT2D eigenvalue weighted by atomic mass is 10.2. The fourth-order valence-corrected chi connectivity index (χ4v) is 1.63. The first-order valence-corrected chi connectivity index (χ1v) is 5.65. The molecule has 1 heterocycles. The van der Waals surface area contributed by atoms with E-state index in [1.807, 2.05) is 13.8 Å². The number of anilines is 3. The molecule has 18 heavy (non-hydrogen) atoms. The zero-order valence-corrected chi connectivity index (χ0v) is 10.6. The highest BCUT2D eigenvalue weighted by Gasteiger charge is 2.04. The fourth-order valence-electron chi connectivity index (χ4n) is 1.63. The van der Waals surface area contributed by atoms with Crippen molar-refractivity contribution in [2.24, 2.45) is 0 Å². The van der Waals surface area contributed by atoms with Crippen LogP contribution in [-0.2, 0) is 0 Å². The summed E-state index contributed by atoms with van der Waals surface area (Å²) >= 11 is 0. The molecule has 5 heteroatoms. The largest absolute Gasteiger partial charge is 0.373 e. The quantitative estimate of drug-likeness (QED) is 0.874. The Balaban J connectivity index is 2.33. The minimum Gasteiger partial charge on any atom is -0.373 e. The molecule has 0 spiro atoms. The number of benzene rings is 1. The first-order chi connectivity index (χ1) is 8.58. The van der Waals surface area contributed by atoms with Crippen molar-refractivity contribution in [1.29, 1.82) is 0 Å². The van der Waals surface area contributed by atoms with E-state index in [1.165, 1.54) is 12.1 Å². The summed E-state index contributed by atoms with van der Waals surface area (Å²) in [7, 11) is 1.79. The van der Waals surface area contributed by atoms with Crippen molar-refractivity contribution < 1.29 is 4.39 Å². The minimum atomic E-state index is -0.275. The maximum absolute atomic E-state index is 13.2. The van der Waals surface area contributed by atoms with Gasteiger partial charge in [-0.05, 0) is 31.5 Å². The zero-order chi connectivity index (χ0) is 13.1. The van der Waals surface area contributed by atoms with Crippen LogP contribution in [0.2, 0.25) is 0 Å². The Bertz CT molecular complexity index is 569. The SMILES string of the molecule is CNc1cc(Nc2cc(F)ccc2C)nc(C)n1. The molecule has 0 aliphatic rings. The van der Waals surface area contributed by atoms with Crippen LogP contribution in [0.3, 0.4) is 0 Å². The molecule has 2 rings (SSSR count). The van der Waals surface area contributed by atoms with Crippen LogP contribution in [0.5, 0.6) is 0 Å². The van der Waals surface area contributed by atoms with Crippen LogP contribution in [0.4, 0.5) is 21.7 Å². The summed E-state index contributed by atoms with van der Waals surface area (Å²) in [4.78, 5) is 8.46. The van der Waals surface area contributed by atoms with E-state index in [2.05, 4.69) is 20.6 Å². The number of aromatic nitrogens is 2. The molecule has 0 saturated carbocycles. The van der Waals surface area contributed by atoms with Crippen LogP contribution in [0.25, 0.3) is 0 Å². The normalized spacial score (nSPS) is 10.2. The molecule has 0 aliphatic heterocycles. The van der Waals surface area contributed by atoms with Crippen molar-refractivity contribution in [1.82, 2.24) is 9.97 Å². The third kappa shape index (κ3) is 2.74. The number of nitrogens with zero attached hydrogens (tertiary/aromatic N) is 2. The molecule has 0 bridgehead atoms. The number of aryl methyl sites for hydroxylation is 2. The lowest BCUT2D eigenvalue weighted by molar-refractivity contribution is 0.628. The van der Waals surface area contributed by atoms with Crippen LogP contribution in [0, 0.1) is 19.7 Å². The third-order valence-electron chi connectivity index (χ3n) is 2.56. The standard InChI is InChI=1S/C13H15FN4/c1-8-4-5-10(14)6-11(8)18-13-7-12(15-3)16-9(2)17-13/h4-7H,1-3H3,(H2,15,16,17,18). The Morgan fingerprint density at radius 1 is 1.06 bits per heavy atom. The van der Waals surface area contributed by atoms with Gasteiger partial charge in [-0.1, -0.05) is 6.07 Å². The molecule has 0 saturated heterocycles. The molecule has 0 unspecified atom stereocenters. The van der Waals surface area contributed by atoms with Gasteiger partial charge < -0.3 is 10.6 Å². The molecule has 1 aromatic carbocycles. The third-order valence-corrected chi connectivity index (χ3v) is 2.56. The van der Waals surface area contributed by atoms with E-state index in [4.69, 9.17) is 0 Å². The van der Waals surface area contributed by atoms with Crippen LogP contribution in [0.15, 0.2) is 24.3 Å². The van der Waals surface area contributed by atoms with E-state index in [9.17, 15) is 4.39 Å². The van der Waals surface area contributed by atoms with Gasteiger partial charge in [0.2, 0.25) is 0 Å². The second-order valence-electron chi connectivity index (χ2n) is 4.02. The van der Waals surface area contributed by atoms with E-state index < -0.39 is 0 Å². The summed E-state index contributed by atoms with van der Waals surface area (Å²) < 4.78 is 13.2. The van der Waals surface area contributed by atoms with Gasteiger partial charge >= 0.3 is 0 Å². The Hall–Kier alpha value is -2.17. The van der Waals surface area contributed by atoms with Gasteiger partial charge in [0.1, 0.15) is 23.3 Å². The number of hydrogen-bond acceptors (Lipinski definition) is 4. The Labute approximate surface area is 105 Å². The van der Waals surface area contributed by atoms with Gasteiger partial charge in [0.15, 0.2) is 0 Å². The molecular formula is C13H15FN4. The number of rotatable bonds is 3. The number of hydrogen-bond donors (Lipinski definition) is 2. The first-order valence-electron chi connectivity index (χ1n) is 5.65. The van der Waals surface area contributed by atoms with E-state index >= 15 is 0 Å². The van der Waals surface area contributed by atoms with Crippen molar-refractivity contribution >= 4 is 17.3 Å². The van der Waals surface area contributed by atoms with E-state index in [1.54, 1.807) is 19.2 Å². The fraction of sp³-hybridized carbons (Fsp3) is 0.231. The van der Waals surface area contributed by atoms with Crippen LogP contribution in [-0.4, -0.2) is 17.0 Å². The van der Waals surface area contributed by atoms with Gasteiger partial charge in [0.25, 0.3) is 0 Å². The lowest BCUT2D eigenvalue weighted by Gasteiger charge is -2.10. The lowest BCUT2D eigenvalue weighted by Crippen LogP contribution is -2.02. The zero-order valence-electron chi connectivity index (χ0n) is 10.6. The summed E-state index contributed by atoms with van der Waals surface area (Å²) in [5, 5.41) is 6.05. The summed E-state index contributed by atoms with van der Waals surface area (Å²) in [5.41, 5.74) is 1.66. The number of nitrogens with one attached hydrogen (secondary N) is 2. The highest BCUT2D eigenvalue weighted by atomic mass is 19.1. The first kappa shape index (κ1) is 12.3. The van der Waals surface area contributed by atoms with Gasteiger partial charge in [0.05, 0.1) is 0 Å². The Morgan fingerprint density at radius 3 is 2.50 bits per heavy atom. The van der Waals surface area contributed by atoms with Gasteiger partial charge in [-0.15, -0.1) is 0 Å². The van der Waals surface area contributed by atoms with Gasteiger partial charge in [-0.25, -0.2) is 14.4 Å². The van der Waals surface area contributed by atoms with Crippen LogP contribution < -0.4 is 10.6 Å². The average molecular weight is 246 g/mol. The molecule has 0 amide bonds. The average Bonchev–Trinajstić information content (AvgIpc) is 2.33. The summed E-state index contributed by atoms with van der Waals surface area (Å²) in [6, 6.07) is 6.39. The molecule has 0 fully saturated rings. The molecule has 0 atom stereocenters. The van der Waals surface area contributed by atoms with Crippen molar-refractivity contribution in [2.75, 3.05) is 17.7 Å². The molecule has 0 aliphatic carbocycles. The van der Waals surface area contributed by atoms with Crippen molar-refractivity contribution in [2.45, 2.75) is 13.8 Å². The van der Waals surface area contributed by atoms with E-state index in [0.717, 1.165) is 11.4 Å². The van der Waals surface area contributed by atoms with E-state index in [-0.39, 0.29) is 5.82 Å². The maximum atomic E-state index is 13.2. The highest BCUT2D eigenvalue weighted by Crippen LogP contribution is 2.21. The second kappa shape index (κ2) is 5.00. The molecule has 2 aromatic rings. The van der Waals surface area contributed by atoms with Crippen molar-refractivity contribution in [3.8, 4) is 0 Å². The topological polar surface area (TPSA) is 49.8 Å². The van der Waals surface area contributed by atoms with E-state index in [0.29, 0.717) is 17.3 Å². The van der Waals surface area contributed by atoms with Crippen molar-refractivity contribution in [3.05, 3.63) is 41.5 Å². The maximum Gasteiger partial charge on any atom is 0.136 e. The predicted molar refractivity (Wildman–Crippen MR) is 70.7 cm³/mol. The molecular weight excluding hydrogens is 231 g/mol. The predicted octanol–water partition coefficient (Wildman–Crippen LogP) is 3.02. The van der Waals surface area contributed by atoms with Gasteiger partial charge in [-0.3, -0.25) is 0 Å². The summed E-state index contributed by atoms with van der Waals surface area (Å²) in [5.74, 6) is 1.74. The smallest absolute Gasteiger partial charge is 0.136 e. The van der Waals surface area contributed by atoms with Crippen LogP contribution >= 0.6 is 0 Å². The molecule has 94 valence electrons. The van der Waals surface area contributed by atoms with Gasteiger partial charge in [0, 0.05) is 18.8 Å². The monoisotopic (exact) mass is 246 g/mol. The van der Waals surface area contributed by atoms with Crippen molar-refractivity contribution in [3.63, 3.8) is 0 Å². The molecule has 1 aromatic heterocycles.